The summed E-state index contributed by atoms with van der Waals surface area (Å²) in [6.07, 6.45) is 2.55. The summed E-state index contributed by atoms with van der Waals surface area (Å²) in [6.45, 7) is 2.87. The molecule has 0 fully saturated rings. The minimum atomic E-state index is -0.121. The van der Waals surface area contributed by atoms with Crippen molar-refractivity contribution in [1.29, 1.82) is 0 Å². The van der Waals surface area contributed by atoms with Crippen LogP contribution in [0.25, 0.3) is 10.7 Å². The Morgan fingerprint density at radius 3 is 2.60 bits per heavy atom. The molecule has 0 spiro atoms. The topological polar surface area (TPSA) is 79.9 Å². The molecule has 2 heterocycles. The van der Waals surface area contributed by atoms with Gasteiger partial charge in [-0.25, -0.2) is 4.98 Å². The second-order valence-corrected chi connectivity index (χ2v) is 7.77. The summed E-state index contributed by atoms with van der Waals surface area (Å²) >= 11 is 1.36. The van der Waals surface area contributed by atoms with Crippen molar-refractivity contribution in [2.45, 2.75) is 19.9 Å². The molecule has 2 aromatic heterocycles. The van der Waals surface area contributed by atoms with Crippen LogP contribution in [0.5, 0.6) is 5.75 Å². The highest BCUT2D eigenvalue weighted by molar-refractivity contribution is 7.17. The Labute approximate surface area is 179 Å². The summed E-state index contributed by atoms with van der Waals surface area (Å²) in [5.74, 6) is 0.717. The number of nitrogens with zero attached hydrogens (tertiary/aromatic N) is 2. The number of ether oxygens (including phenoxy) is 1. The second kappa shape index (κ2) is 9.37. The largest absolute Gasteiger partial charge is 0.493 e. The van der Waals surface area contributed by atoms with Gasteiger partial charge in [-0.2, -0.15) is 5.10 Å². The fraction of sp³-hybridized carbons (Fsp3) is 0.174. The van der Waals surface area contributed by atoms with E-state index in [2.05, 4.69) is 20.5 Å². The Kier molecular flexibility index (Phi) is 6.20. The maximum atomic E-state index is 12.6. The molecule has 2 aromatic carbocycles. The number of hydrogen-bond donors (Lipinski definition) is 2. The molecule has 0 bridgehead atoms. The third-order valence-corrected chi connectivity index (χ3v) is 5.77. The third kappa shape index (κ3) is 4.75. The summed E-state index contributed by atoms with van der Waals surface area (Å²) in [6, 6.07) is 19.6. The second-order valence-electron chi connectivity index (χ2n) is 6.77. The monoisotopic (exact) mass is 418 g/mol. The van der Waals surface area contributed by atoms with Crippen molar-refractivity contribution in [3.05, 3.63) is 88.6 Å². The van der Waals surface area contributed by atoms with E-state index >= 15 is 0 Å². The lowest BCUT2D eigenvalue weighted by molar-refractivity contribution is 0.0954. The molecule has 152 valence electrons. The molecule has 0 aliphatic rings. The van der Waals surface area contributed by atoms with Gasteiger partial charge in [0.1, 0.15) is 21.3 Å². The van der Waals surface area contributed by atoms with Crippen LogP contribution in [0.15, 0.2) is 66.9 Å². The predicted molar refractivity (Wildman–Crippen MR) is 118 cm³/mol. The summed E-state index contributed by atoms with van der Waals surface area (Å²) < 4.78 is 5.79. The fourth-order valence-electron chi connectivity index (χ4n) is 3.05. The molecular weight excluding hydrogens is 396 g/mol. The highest BCUT2D eigenvalue weighted by Gasteiger charge is 2.19. The summed E-state index contributed by atoms with van der Waals surface area (Å²) in [7, 11) is 0. The van der Waals surface area contributed by atoms with Gasteiger partial charge in [0.15, 0.2) is 0 Å². The predicted octanol–water partition coefficient (Wildman–Crippen LogP) is 4.39. The number of carbonyl (C=O) groups excluding carboxylic acids is 1. The maximum absolute atomic E-state index is 12.6. The quantitative estimate of drug-likeness (QED) is 0.445. The molecule has 0 saturated heterocycles. The Balaban J connectivity index is 1.41. The van der Waals surface area contributed by atoms with Crippen LogP contribution in [0, 0.1) is 6.92 Å². The van der Waals surface area contributed by atoms with E-state index in [1.165, 1.54) is 11.3 Å². The summed E-state index contributed by atoms with van der Waals surface area (Å²) in [4.78, 5) is 17.8. The van der Waals surface area contributed by atoms with Crippen molar-refractivity contribution in [3.63, 3.8) is 0 Å². The zero-order chi connectivity index (χ0) is 20.8. The molecule has 7 heteroatoms. The zero-order valence-corrected chi connectivity index (χ0v) is 17.4. The lowest BCUT2D eigenvalue weighted by Crippen LogP contribution is -2.22. The van der Waals surface area contributed by atoms with E-state index in [1.807, 2.05) is 73.8 Å². The number of aromatic amines is 1. The average molecular weight is 419 g/mol. The van der Waals surface area contributed by atoms with Crippen molar-refractivity contribution >= 4 is 17.2 Å². The molecule has 0 saturated carbocycles. The van der Waals surface area contributed by atoms with E-state index < -0.39 is 0 Å². The molecule has 2 N–H and O–H groups in total. The van der Waals surface area contributed by atoms with Gasteiger partial charge < -0.3 is 10.1 Å². The maximum Gasteiger partial charge on any atom is 0.263 e. The van der Waals surface area contributed by atoms with Crippen LogP contribution in [-0.2, 0) is 13.0 Å². The van der Waals surface area contributed by atoms with Gasteiger partial charge in [0.2, 0.25) is 0 Å². The van der Waals surface area contributed by atoms with Crippen molar-refractivity contribution < 1.29 is 9.53 Å². The molecule has 4 rings (SSSR count). The molecule has 0 aliphatic heterocycles. The van der Waals surface area contributed by atoms with Crippen LogP contribution in [0.3, 0.4) is 0 Å². The number of aryl methyl sites for hydroxylation is 1. The van der Waals surface area contributed by atoms with Crippen molar-refractivity contribution in [3.8, 4) is 16.5 Å². The first-order valence-corrected chi connectivity index (χ1v) is 10.5. The van der Waals surface area contributed by atoms with E-state index in [-0.39, 0.29) is 5.91 Å². The number of benzene rings is 2. The van der Waals surface area contributed by atoms with Crippen LogP contribution in [0.2, 0.25) is 0 Å². The van der Waals surface area contributed by atoms with Crippen molar-refractivity contribution in [1.82, 2.24) is 20.5 Å². The minimum absolute atomic E-state index is 0.121. The number of rotatable bonds is 8. The van der Waals surface area contributed by atoms with E-state index in [1.54, 1.807) is 0 Å². The number of carbonyl (C=O) groups is 1. The Bertz CT molecular complexity index is 1110. The summed E-state index contributed by atoms with van der Waals surface area (Å²) in [5.41, 5.74) is 3.54. The van der Waals surface area contributed by atoms with E-state index in [9.17, 15) is 4.79 Å². The van der Waals surface area contributed by atoms with Crippen molar-refractivity contribution in [2.24, 2.45) is 0 Å². The van der Waals surface area contributed by atoms with Crippen LogP contribution < -0.4 is 10.1 Å². The van der Waals surface area contributed by atoms with E-state index in [4.69, 9.17) is 4.74 Å². The standard InChI is InChI=1S/C23H22N4O2S/c1-16-21(22(28)24-14-17-8-4-2-5-9-17)30-23(26-16)20-18(15-25-27-20)12-13-29-19-10-6-3-7-11-19/h2-11,15H,12-14H2,1H3,(H,24,28)(H,25,27). The first kappa shape index (κ1) is 19.8. The number of amides is 1. The van der Waals surface area contributed by atoms with Crippen LogP contribution in [0.1, 0.15) is 26.5 Å². The highest BCUT2D eigenvalue weighted by atomic mass is 32.1. The zero-order valence-electron chi connectivity index (χ0n) is 16.6. The Morgan fingerprint density at radius 2 is 1.83 bits per heavy atom. The molecule has 0 atom stereocenters. The molecule has 0 aliphatic carbocycles. The third-order valence-electron chi connectivity index (χ3n) is 4.60. The first-order valence-electron chi connectivity index (χ1n) is 9.71. The summed E-state index contributed by atoms with van der Waals surface area (Å²) in [5, 5.41) is 11.0. The van der Waals surface area contributed by atoms with Gasteiger partial charge in [0.25, 0.3) is 5.91 Å². The van der Waals surface area contributed by atoms with E-state index in [0.29, 0.717) is 30.1 Å². The van der Waals surface area contributed by atoms with Gasteiger partial charge in [-0.1, -0.05) is 48.5 Å². The number of para-hydroxylation sites is 1. The lowest BCUT2D eigenvalue weighted by Gasteiger charge is -2.05. The fourth-order valence-corrected chi connectivity index (χ4v) is 4.06. The van der Waals surface area contributed by atoms with Crippen LogP contribution in [-0.4, -0.2) is 27.7 Å². The highest BCUT2D eigenvalue weighted by Crippen LogP contribution is 2.29. The molecule has 0 radical (unpaired) electrons. The van der Waals surface area contributed by atoms with Gasteiger partial charge >= 0.3 is 0 Å². The Morgan fingerprint density at radius 1 is 1.10 bits per heavy atom. The van der Waals surface area contributed by atoms with Gasteiger partial charge in [0.05, 0.1) is 12.3 Å². The van der Waals surface area contributed by atoms with Crippen molar-refractivity contribution in [2.75, 3.05) is 6.61 Å². The molecule has 30 heavy (non-hydrogen) atoms. The molecule has 4 aromatic rings. The number of aromatic nitrogens is 3. The number of hydrogen-bond acceptors (Lipinski definition) is 5. The molecule has 0 unspecified atom stereocenters. The SMILES string of the molecule is Cc1nc(-c2n[nH]cc2CCOc2ccccc2)sc1C(=O)NCc1ccccc1. The van der Waals surface area contributed by atoms with Gasteiger partial charge in [-0.3, -0.25) is 9.89 Å². The first-order chi connectivity index (χ1) is 14.7. The van der Waals surface area contributed by atoms with Gasteiger partial charge in [0, 0.05) is 24.7 Å². The molecule has 1 amide bonds. The smallest absolute Gasteiger partial charge is 0.263 e. The number of H-pyrrole nitrogens is 1. The van der Waals surface area contributed by atoms with Gasteiger partial charge in [-0.15, -0.1) is 11.3 Å². The Hall–Kier alpha value is -3.45. The van der Waals surface area contributed by atoms with Gasteiger partial charge in [-0.05, 0) is 24.6 Å². The molecule has 6 nitrogen and oxygen atoms in total. The molecular formula is C23H22N4O2S. The lowest BCUT2D eigenvalue weighted by atomic mass is 10.2. The van der Waals surface area contributed by atoms with Crippen LogP contribution in [0.4, 0.5) is 0 Å². The normalized spacial score (nSPS) is 10.7. The van der Waals surface area contributed by atoms with Crippen LogP contribution >= 0.6 is 11.3 Å². The number of thiazole rings is 1. The average Bonchev–Trinajstić information content (AvgIpc) is 3.40. The number of nitrogens with one attached hydrogen (secondary N) is 2. The minimum Gasteiger partial charge on any atom is -0.493 e. The van der Waals surface area contributed by atoms with E-state index in [0.717, 1.165) is 27.6 Å².